The SMILES string of the molecule is COc1cc(CNc2ccc(C)c(C)c2)ccc1OCC(=O)Nc1ccccc1C. The molecule has 156 valence electrons. The van der Waals surface area contributed by atoms with E-state index in [1.165, 1.54) is 11.1 Å². The number of carbonyl (C=O) groups excluding carboxylic acids is 1. The Hall–Kier alpha value is -3.47. The third-order valence-electron chi connectivity index (χ3n) is 5.01. The van der Waals surface area contributed by atoms with Crippen molar-refractivity contribution in [1.82, 2.24) is 0 Å². The molecule has 0 aliphatic carbocycles. The standard InChI is InChI=1S/C25H28N2O3/c1-17-9-11-21(13-19(17)3)26-15-20-10-12-23(24(14-20)29-4)30-16-25(28)27-22-8-6-5-7-18(22)2/h5-14,26H,15-16H2,1-4H3,(H,27,28). The van der Waals surface area contributed by atoms with Gasteiger partial charge in [0.15, 0.2) is 18.1 Å². The van der Waals surface area contributed by atoms with Crippen LogP contribution in [0.15, 0.2) is 60.7 Å². The second-order valence-corrected chi connectivity index (χ2v) is 7.29. The first kappa shape index (κ1) is 21.2. The van der Waals surface area contributed by atoms with Crippen LogP contribution >= 0.6 is 0 Å². The molecule has 3 aromatic rings. The van der Waals surface area contributed by atoms with Crippen molar-refractivity contribution in [3.63, 3.8) is 0 Å². The van der Waals surface area contributed by atoms with Gasteiger partial charge in [-0.1, -0.05) is 30.3 Å². The number of nitrogens with one attached hydrogen (secondary N) is 2. The van der Waals surface area contributed by atoms with E-state index in [9.17, 15) is 4.79 Å². The fourth-order valence-electron chi connectivity index (χ4n) is 3.04. The van der Waals surface area contributed by atoms with Crippen molar-refractivity contribution in [2.75, 3.05) is 24.4 Å². The molecule has 3 rings (SSSR count). The van der Waals surface area contributed by atoms with E-state index in [2.05, 4.69) is 42.7 Å². The van der Waals surface area contributed by atoms with Gasteiger partial charge >= 0.3 is 0 Å². The average molecular weight is 405 g/mol. The summed E-state index contributed by atoms with van der Waals surface area (Å²) in [6.45, 7) is 6.72. The fraction of sp³-hybridized carbons (Fsp3) is 0.240. The first-order chi connectivity index (χ1) is 14.5. The van der Waals surface area contributed by atoms with E-state index >= 15 is 0 Å². The molecular weight excluding hydrogens is 376 g/mol. The summed E-state index contributed by atoms with van der Waals surface area (Å²) >= 11 is 0. The first-order valence-electron chi connectivity index (χ1n) is 9.92. The molecule has 2 N–H and O–H groups in total. The molecule has 3 aromatic carbocycles. The summed E-state index contributed by atoms with van der Waals surface area (Å²) in [6, 6.07) is 19.7. The van der Waals surface area contributed by atoms with Crippen molar-refractivity contribution in [2.24, 2.45) is 0 Å². The quantitative estimate of drug-likeness (QED) is 0.538. The van der Waals surface area contributed by atoms with Crippen LogP contribution in [0.5, 0.6) is 11.5 Å². The maximum atomic E-state index is 12.2. The van der Waals surface area contributed by atoms with Crippen LogP contribution in [0.2, 0.25) is 0 Å². The molecule has 0 heterocycles. The lowest BCUT2D eigenvalue weighted by atomic mass is 10.1. The van der Waals surface area contributed by atoms with Gasteiger partial charge in [-0.05, 0) is 73.4 Å². The number of methoxy groups -OCH3 is 1. The van der Waals surface area contributed by atoms with Crippen LogP contribution in [0.4, 0.5) is 11.4 Å². The fourth-order valence-corrected chi connectivity index (χ4v) is 3.04. The van der Waals surface area contributed by atoms with Crippen molar-refractivity contribution in [1.29, 1.82) is 0 Å². The van der Waals surface area contributed by atoms with Crippen LogP contribution in [-0.4, -0.2) is 19.6 Å². The zero-order chi connectivity index (χ0) is 21.5. The molecule has 0 saturated carbocycles. The number of hydrogen-bond acceptors (Lipinski definition) is 4. The van der Waals surface area contributed by atoms with E-state index in [4.69, 9.17) is 9.47 Å². The van der Waals surface area contributed by atoms with Crippen molar-refractivity contribution in [2.45, 2.75) is 27.3 Å². The smallest absolute Gasteiger partial charge is 0.262 e. The molecule has 5 heteroatoms. The third-order valence-corrected chi connectivity index (χ3v) is 5.01. The average Bonchev–Trinajstić information content (AvgIpc) is 2.75. The van der Waals surface area contributed by atoms with Crippen LogP contribution < -0.4 is 20.1 Å². The number of aryl methyl sites for hydroxylation is 3. The lowest BCUT2D eigenvalue weighted by Gasteiger charge is -2.14. The number of amides is 1. The summed E-state index contributed by atoms with van der Waals surface area (Å²) in [6.07, 6.45) is 0. The topological polar surface area (TPSA) is 59.6 Å². The minimum atomic E-state index is -0.216. The van der Waals surface area contributed by atoms with Gasteiger partial charge in [-0.2, -0.15) is 0 Å². The van der Waals surface area contributed by atoms with Gasteiger partial charge < -0.3 is 20.1 Å². The zero-order valence-corrected chi connectivity index (χ0v) is 17.9. The second-order valence-electron chi connectivity index (χ2n) is 7.29. The van der Waals surface area contributed by atoms with Crippen LogP contribution in [-0.2, 0) is 11.3 Å². The Morgan fingerprint density at radius 2 is 1.67 bits per heavy atom. The molecule has 5 nitrogen and oxygen atoms in total. The molecule has 0 saturated heterocycles. The maximum Gasteiger partial charge on any atom is 0.262 e. The van der Waals surface area contributed by atoms with E-state index in [0.29, 0.717) is 18.0 Å². The Bertz CT molecular complexity index is 1030. The predicted octanol–water partition coefficient (Wildman–Crippen LogP) is 5.25. The Kier molecular flexibility index (Phi) is 6.96. The molecule has 30 heavy (non-hydrogen) atoms. The molecule has 0 spiro atoms. The van der Waals surface area contributed by atoms with Gasteiger partial charge in [0.25, 0.3) is 5.91 Å². The second kappa shape index (κ2) is 9.83. The van der Waals surface area contributed by atoms with Crippen LogP contribution in [0.25, 0.3) is 0 Å². The Labute approximate surface area is 178 Å². The minimum Gasteiger partial charge on any atom is -0.493 e. The van der Waals surface area contributed by atoms with Gasteiger partial charge in [0, 0.05) is 17.9 Å². The summed E-state index contributed by atoms with van der Waals surface area (Å²) in [4.78, 5) is 12.2. The Morgan fingerprint density at radius 1 is 0.867 bits per heavy atom. The monoisotopic (exact) mass is 404 g/mol. The Morgan fingerprint density at radius 3 is 2.40 bits per heavy atom. The van der Waals surface area contributed by atoms with Crippen molar-refractivity contribution >= 4 is 17.3 Å². The van der Waals surface area contributed by atoms with E-state index in [1.807, 2.05) is 49.4 Å². The minimum absolute atomic E-state index is 0.0923. The number of anilines is 2. The summed E-state index contributed by atoms with van der Waals surface area (Å²) < 4.78 is 11.1. The van der Waals surface area contributed by atoms with Gasteiger partial charge in [-0.15, -0.1) is 0 Å². The molecule has 0 aromatic heterocycles. The lowest BCUT2D eigenvalue weighted by molar-refractivity contribution is -0.118. The number of benzene rings is 3. The maximum absolute atomic E-state index is 12.2. The van der Waals surface area contributed by atoms with Gasteiger partial charge in [0.1, 0.15) is 0 Å². The molecule has 0 unspecified atom stereocenters. The van der Waals surface area contributed by atoms with Crippen LogP contribution in [0, 0.1) is 20.8 Å². The normalized spacial score (nSPS) is 10.4. The summed E-state index contributed by atoms with van der Waals surface area (Å²) in [5.74, 6) is 0.914. The molecule has 0 radical (unpaired) electrons. The number of rotatable bonds is 8. The highest BCUT2D eigenvalue weighted by Gasteiger charge is 2.10. The van der Waals surface area contributed by atoms with Gasteiger partial charge in [-0.3, -0.25) is 4.79 Å². The summed E-state index contributed by atoms with van der Waals surface area (Å²) in [7, 11) is 1.59. The van der Waals surface area contributed by atoms with Crippen LogP contribution in [0.1, 0.15) is 22.3 Å². The number of para-hydroxylation sites is 1. The molecular formula is C25H28N2O3. The highest BCUT2D eigenvalue weighted by Crippen LogP contribution is 2.28. The lowest BCUT2D eigenvalue weighted by Crippen LogP contribution is -2.20. The highest BCUT2D eigenvalue weighted by atomic mass is 16.5. The first-order valence-corrected chi connectivity index (χ1v) is 9.92. The van der Waals surface area contributed by atoms with E-state index in [-0.39, 0.29) is 12.5 Å². The molecule has 0 aliphatic rings. The van der Waals surface area contributed by atoms with E-state index < -0.39 is 0 Å². The van der Waals surface area contributed by atoms with Gasteiger partial charge in [-0.25, -0.2) is 0 Å². The van der Waals surface area contributed by atoms with Gasteiger partial charge in [0.2, 0.25) is 0 Å². The highest BCUT2D eigenvalue weighted by molar-refractivity contribution is 5.92. The predicted molar refractivity (Wildman–Crippen MR) is 122 cm³/mol. The van der Waals surface area contributed by atoms with Crippen molar-refractivity contribution in [3.05, 3.63) is 82.9 Å². The van der Waals surface area contributed by atoms with Gasteiger partial charge in [0.05, 0.1) is 7.11 Å². The zero-order valence-electron chi connectivity index (χ0n) is 17.9. The molecule has 0 bridgehead atoms. The number of ether oxygens (including phenoxy) is 2. The summed E-state index contributed by atoms with van der Waals surface area (Å²) in [5, 5.41) is 6.28. The molecule has 1 amide bonds. The number of carbonyl (C=O) groups is 1. The van der Waals surface area contributed by atoms with Crippen molar-refractivity contribution in [3.8, 4) is 11.5 Å². The largest absolute Gasteiger partial charge is 0.493 e. The summed E-state index contributed by atoms with van der Waals surface area (Å²) in [5.41, 5.74) is 6.45. The number of hydrogen-bond donors (Lipinski definition) is 2. The molecule has 0 fully saturated rings. The molecule has 0 aliphatic heterocycles. The van der Waals surface area contributed by atoms with E-state index in [0.717, 1.165) is 22.5 Å². The third kappa shape index (κ3) is 5.54. The Balaban J connectivity index is 1.59. The van der Waals surface area contributed by atoms with Crippen LogP contribution in [0.3, 0.4) is 0 Å². The molecule has 0 atom stereocenters. The van der Waals surface area contributed by atoms with E-state index in [1.54, 1.807) is 7.11 Å². The van der Waals surface area contributed by atoms with Crippen molar-refractivity contribution < 1.29 is 14.3 Å².